The van der Waals surface area contributed by atoms with E-state index in [0.717, 1.165) is 13.1 Å². The highest BCUT2D eigenvalue weighted by atomic mass is 16.3. The second-order valence-electron chi connectivity index (χ2n) is 5.77. The van der Waals surface area contributed by atoms with Crippen molar-refractivity contribution in [3.63, 3.8) is 0 Å². The van der Waals surface area contributed by atoms with E-state index in [4.69, 9.17) is 0 Å². The van der Waals surface area contributed by atoms with Gasteiger partial charge in [0.05, 0.1) is 6.61 Å². The van der Waals surface area contributed by atoms with Crippen LogP contribution < -0.4 is 0 Å². The van der Waals surface area contributed by atoms with Gasteiger partial charge >= 0.3 is 0 Å². The molecule has 2 nitrogen and oxygen atoms in total. The molecule has 3 rings (SSSR count). The van der Waals surface area contributed by atoms with Crippen LogP contribution in [-0.4, -0.2) is 29.7 Å². The topological polar surface area (TPSA) is 23.5 Å². The standard InChI is InChI=1S/C19H23NO/c21-15-14-20-13-7-12-18(16-8-3-1-4-9-16)19(20)17-10-5-2-6-11-17/h1-6,8-11,18-19,21H,7,12-15H2/t18-,19-/m1/s1. The Morgan fingerprint density at radius 3 is 2.14 bits per heavy atom. The largest absolute Gasteiger partial charge is 0.395 e. The van der Waals surface area contributed by atoms with Crippen LogP contribution in [0.5, 0.6) is 0 Å². The van der Waals surface area contributed by atoms with Gasteiger partial charge in [-0.3, -0.25) is 4.90 Å². The highest BCUT2D eigenvalue weighted by molar-refractivity contribution is 5.29. The minimum Gasteiger partial charge on any atom is -0.395 e. The Hall–Kier alpha value is -1.64. The summed E-state index contributed by atoms with van der Waals surface area (Å²) in [5.74, 6) is 0.508. The van der Waals surface area contributed by atoms with Gasteiger partial charge in [0.2, 0.25) is 0 Å². The monoisotopic (exact) mass is 281 g/mol. The molecule has 1 saturated heterocycles. The van der Waals surface area contributed by atoms with E-state index in [0.29, 0.717) is 12.0 Å². The van der Waals surface area contributed by atoms with Gasteiger partial charge in [0.15, 0.2) is 0 Å². The summed E-state index contributed by atoms with van der Waals surface area (Å²) in [6, 6.07) is 21.9. The van der Waals surface area contributed by atoms with Crippen LogP contribution in [0, 0.1) is 0 Å². The molecule has 0 amide bonds. The number of nitrogens with zero attached hydrogens (tertiary/aromatic N) is 1. The summed E-state index contributed by atoms with van der Waals surface area (Å²) in [5.41, 5.74) is 2.77. The molecule has 2 aromatic rings. The molecule has 21 heavy (non-hydrogen) atoms. The molecule has 0 aromatic heterocycles. The van der Waals surface area contributed by atoms with Crippen LogP contribution >= 0.6 is 0 Å². The molecule has 1 fully saturated rings. The summed E-state index contributed by atoms with van der Waals surface area (Å²) in [4.78, 5) is 2.44. The molecular weight excluding hydrogens is 258 g/mol. The molecule has 1 aliphatic heterocycles. The predicted molar refractivity (Wildman–Crippen MR) is 86.3 cm³/mol. The number of benzene rings is 2. The van der Waals surface area contributed by atoms with Crippen molar-refractivity contribution in [1.29, 1.82) is 0 Å². The van der Waals surface area contributed by atoms with Crippen LogP contribution in [0.4, 0.5) is 0 Å². The summed E-state index contributed by atoms with van der Waals surface area (Å²) < 4.78 is 0. The zero-order chi connectivity index (χ0) is 14.5. The molecule has 110 valence electrons. The van der Waals surface area contributed by atoms with Crippen LogP contribution in [-0.2, 0) is 0 Å². The average molecular weight is 281 g/mol. The van der Waals surface area contributed by atoms with Crippen molar-refractivity contribution in [2.75, 3.05) is 19.7 Å². The molecule has 0 bridgehead atoms. The van der Waals surface area contributed by atoms with Gasteiger partial charge in [-0.1, -0.05) is 60.7 Å². The van der Waals surface area contributed by atoms with E-state index in [9.17, 15) is 5.11 Å². The molecular formula is C19H23NO. The van der Waals surface area contributed by atoms with Gasteiger partial charge < -0.3 is 5.11 Å². The Bertz CT molecular complexity index is 538. The lowest BCUT2D eigenvalue weighted by Gasteiger charge is -2.42. The fraction of sp³-hybridized carbons (Fsp3) is 0.368. The van der Waals surface area contributed by atoms with Crippen LogP contribution in [0.15, 0.2) is 60.7 Å². The maximum absolute atomic E-state index is 9.40. The molecule has 2 heteroatoms. The van der Waals surface area contributed by atoms with Crippen molar-refractivity contribution >= 4 is 0 Å². The third-order valence-corrected chi connectivity index (χ3v) is 4.49. The quantitative estimate of drug-likeness (QED) is 0.925. The van der Waals surface area contributed by atoms with Crippen LogP contribution in [0.1, 0.15) is 35.9 Å². The molecule has 1 aliphatic rings. The summed E-state index contributed by atoms with van der Waals surface area (Å²) in [6.07, 6.45) is 2.41. The van der Waals surface area contributed by atoms with E-state index < -0.39 is 0 Å². The first-order chi connectivity index (χ1) is 10.4. The van der Waals surface area contributed by atoms with Crippen molar-refractivity contribution in [2.24, 2.45) is 0 Å². The molecule has 0 saturated carbocycles. The molecule has 0 unspecified atom stereocenters. The maximum Gasteiger partial charge on any atom is 0.0558 e. The van der Waals surface area contributed by atoms with Crippen LogP contribution in [0.25, 0.3) is 0 Å². The summed E-state index contributed by atoms with van der Waals surface area (Å²) in [6.45, 7) is 2.05. The van der Waals surface area contributed by atoms with E-state index in [2.05, 4.69) is 65.6 Å². The average Bonchev–Trinajstić information content (AvgIpc) is 2.56. The number of β-amino-alcohol motifs (C(OH)–C–C–N with tert-alkyl or cyclic N) is 1. The summed E-state index contributed by atoms with van der Waals surface area (Å²) in [5, 5.41) is 9.40. The Morgan fingerprint density at radius 1 is 0.905 bits per heavy atom. The first-order valence-electron chi connectivity index (χ1n) is 7.85. The summed E-state index contributed by atoms with van der Waals surface area (Å²) >= 11 is 0. The fourth-order valence-electron chi connectivity index (χ4n) is 3.59. The zero-order valence-corrected chi connectivity index (χ0v) is 12.4. The predicted octanol–water partition coefficient (Wildman–Crippen LogP) is 3.60. The van der Waals surface area contributed by atoms with Gasteiger partial charge in [-0.15, -0.1) is 0 Å². The number of likely N-dealkylation sites (tertiary alicyclic amines) is 1. The minimum absolute atomic E-state index is 0.227. The number of aliphatic hydroxyl groups excluding tert-OH is 1. The number of aliphatic hydroxyl groups is 1. The van der Waals surface area contributed by atoms with Crippen molar-refractivity contribution in [2.45, 2.75) is 24.8 Å². The SMILES string of the molecule is OCCN1CCC[C@H](c2ccccc2)[C@H]1c1ccccc1. The van der Waals surface area contributed by atoms with Crippen LogP contribution in [0.2, 0.25) is 0 Å². The fourth-order valence-corrected chi connectivity index (χ4v) is 3.59. The molecule has 0 radical (unpaired) electrons. The number of hydrogen-bond donors (Lipinski definition) is 1. The molecule has 2 atom stereocenters. The third kappa shape index (κ3) is 3.17. The van der Waals surface area contributed by atoms with E-state index >= 15 is 0 Å². The third-order valence-electron chi connectivity index (χ3n) is 4.49. The summed E-state index contributed by atoms with van der Waals surface area (Å²) in [7, 11) is 0. The van der Waals surface area contributed by atoms with Gasteiger partial charge in [0, 0.05) is 18.5 Å². The Kier molecular flexibility index (Phi) is 4.69. The second kappa shape index (κ2) is 6.88. The first kappa shape index (κ1) is 14.3. The van der Waals surface area contributed by atoms with E-state index in [1.165, 1.54) is 24.0 Å². The highest BCUT2D eigenvalue weighted by Gasteiger charge is 2.32. The second-order valence-corrected chi connectivity index (χ2v) is 5.77. The minimum atomic E-state index is 0.227. The number of piperidine rings is 1. The Morgan fingerprint density at radius 2 is 1.52 bits per heavy atom. The molecule has 0 aliphatic carbocycles. The maximum atomic E-state index is 9.40. The number of hydrogen-bond acceptors (Lipinski definition) is 2. The highest BCUT2D eigenvalue weighted by Crippen LogP contribution is 2.42. The zero-order valence-electron chi connectivity index (χ0n) is 12.4. The Balaban J connectivity index is 1.96. The molecule has 2 aromatic carbocycles. The van der Waals surface area contributed by atoms with Crippen molar-refractivity contribution in [3.8, 4) is 0 Å². The van der Waals surface area contributed by atoms with Gasteiger partial charge in [-0.2, -0.15) is 0 Å². The van der Waals surface area contributed by atoms with Crippen molar-refractivity contribution in [3.05, 3.63) is 71.8 Å². The lowest BCUT2D eigenvalue weighted by Crippen LogP contribution is -2.39. The Labute approximate surface area is 127 Å². The molecule has 1 heterocycles. The van der Waals surface area contributed by atoms with Crippen LogP contribution in [0.3, 0.4) is 0 Å². The molecule has 0 spiro atoms. The van der Waals surface area contributed by atoms with Crippen molar-refractivity contribution in [1.82, 2.24) is 4.90 Å². The van der Waals surface area contributed by atoms with E-state index in [1.807, 2.05) is 0 Å². The lowest BCUT2D eigenvalue weighted by atomic mass is 9.80. The van der Waals surface area contributed by atoms with E-state index in [1.54, 1.807) is 0 Å². The van der Waals surface area contributed by atoms with E-state index in [-0.39, 0.29) is 6.61 Å². The van der Waals surface area contributed by atoms with Gasteiger partial charge in [-0.05, 0) is 30.5 Å². The van der Waals surface area contributed by atoms with Crippen molar-refractivity contribution < 1.29 is 5.11 Å². The lowest BCUT2D eigenvalue weighted by molar-refractivity contribution is 0.100. The number of rotatable bonds is 4. The van der Waals surface area contributed by atoms with Gasteiger partial charge in [0.1, 0.15) is 0 Å². The molecule has 1 N–H and O–H groups in total. The normalized spacial score (nSPS) is 23.1. The van der Waals surface area contributed by atoms with Gasteiger partial charge in [-0.25, -0.2) is 0 Å². The first-order valence-corrected chi connectivity index (χ1v) is 7.85. The smallest absolute Gasteiger partial charge is 0.0558 e. The van der Waals surface area contributed by atoms with Gasteiger partial charge in [0.25, 0.3) is 0 Å².